The summed E-state index contributed by atoms with van der Waals surface area (Å²) in [4.78, 5) is 33.7. The maximum atomic E-state index is 11.2. The lowest BCUT2D eigenvalue weighted by atomic mass is 10.4. The predicted octanol–water partition coefficient (Wildman–Crippen LogP) is 0.144. The van der Waals surface area contributed by atoms with Crippen molar-refractivity contribution in [2.75, 3.05) is 6.54 Å². The van der Waals surface area contributed by atoms with Gasteiger partial charge < -0.3 is 9.73 Å². The molecule has 1 aromatic rings. The normalized spacial score (nSPS) is 15.6. The van der Waals surface area contributed by atoms with Gasteiger partial charge in [-0.3, -0.25) is 14.5 Å². The summed E-state index contributed by atoms with van der Waals surface area (Å²) in [7, 11) is 0. The van der Waals surface area contributed by atoms with Gasteiger partial charge in [0.05, 0.1) is 13.1 Å². The molecule has 6 nitrogen and oxygen atoms in total. The monoisotopic (exact) mass is 208 g/mol. The SMILES string of the molecule is O=Cc1ccc(CN2C(=O)CNC2=O)o1. The molecule has 1 aliphatic rings. The van der Waals surface area contributed by atoms with Gasteiger partial charge in [-0.15, -0.1) is 0 Å². The largest absolute Gasteiger partial charge is 0.456 e. The number of furan rings is 1. The molecule has 1 N–H and O–H groups in total. The third-order valence-electron chi connectivity index (χ3n) is 2.05. The van der Waals surface area contributed by atoms with Crippen molar-refractivity contribution < 1.29 is 18.8 Å². The molecule has 2 rings (SSSR count). The van der Waals surface area contributed by atoms with Crippen molar-refractivity contribution in [3.8, 4) is 0 Å². The second kappa shape index (κ2) is 3.56. The summed E-state index contributed by atoms with van der Waals surface area (Å²) in [5.74, 6) is 0.281. The first-order valence-electron chi connectivity index (χ1n) is 4.33. The van der Waals surface area contributed by atoms with E-state index in [1.807, 2.05) is 0 Å². The number of carbonyl (C=O) groups excluding carboxylic acids is 3. The van der Waals surface area contributed by atoms with Crippen molar-refractivity contribution in [3.05, 3.63) is 23.7 Å². The Bertz CT molecular complexity index is 408. The highest BCUT2D eigenvalue weighted by atomic mass is 16.3. The summed E-state index contributed by atoms with van der Waals surface area (Å²) in [5.41, 5.74) is 0. The third-order valence-corrected chi connectivity index (χ3v) is 2.05. The zero-order valence-electron chi connectivity index (χ0n) is 7.73. The number of imide groups is 1. The summed E-state index contributed by atoms with van der Waals surface area (Å²) in [5, 5.41) is 2.39. The van der Waals surface area contributed by atoms with Crippen molar-refractivity contribution in [2.45, 2.75) is 6.54 Å². The van der Waals surface area contributed by atoms with Gasteiger partial charge in [0.2, 0.25) is 5.91 Å². The highest BCUT2D eigenvalue weighted by Gasteiger charge is 2.29. The van der Waals surface area contributed by atoms with Gasteiger partial charge in [-0.25, -0.2) is 4.79 Å². The maximum absolute atomic E-state index is 11.2. The van der Waals surface area contributed by atoms with Crippen LogP contribution in [0.4, 0.5) is 4.79 Å². The maximum Gasteiger partial charge on any atom is 0.325 e. The molecule has 1 aromatic heterocycles. The number of carbonyl (C=O) groups is 3. The zero-order valence-corrected chi connectivity index (χ0v) is 7.73. The van der Waals surface area contributed by atoms with E-state index in [0.717, 1.165) is 4.90 Å². The molecule has 6 heteroatoms. The van der Waals surface area contributed by atoms with Crippen LogP contribution >= 0.6 is 0 Å². The van der Waals surface area contributed by atoms with Gasteiger partial charge in [0.15, 0.2) is 12.0 Å². The Balaban J connectivity index is 2.11. The highest BCUT2D eigenvalue weighted by molar-refractivity contribution is 6.01. The first-order valence-corrected chi connectivity index (χ1v) is 4.33. The van der Waals surface area contributed by atoms with E-state index in [4.69, 9.17) is 4.42 Å². The molecule has 0 spiro atoms. The van der Waals surface area contributed by atoms with Gasteiger partial charge in [-0.05, 0) is 12.1 Å². The molecular formula is C9H8N2O4. The molecule has 15 heavy (non-hydrogen) atoms. The van der Waals surface area contributed by atoms with E-state index in [1.165, 1.54) is 6.07 Å². The quantitative estimate of drug-likeness (QED) is 0.566. The van der Waals surface area contributed by atoms with Crippen LogP contribution < -0.4 is 5.32 Å². The van der Waals surface area contributed by atoms with Crippen molar-refractivity contribution in [1.82, 2.24) is 10.2 Å². The standard InChI is InChI=1S/C9H8N2O4/c12-5-7-2-1-6(15-7)4-11-8(13)3-10-9(11)14/h1-2,5H,3-4H2,(H,10,14). The first-order chi connectivity index (χ1) is 7.20. The minimum atomic E-state index is -0.441. The number of aldehydes is 1. The number of amides is 3. The molecule has 0 aliphatic carbocycles. The smallest absolute Gasteiger partial charge is 0.325 e. The Kier molecular flexibility index (Phi) is 2.24. The van der Waals surface area contributed by atoms with Crippen molar-refractivity contribution in [3.63, 3.8) is 0 Å². The van der Waals surface area contributed by atoms with Crippen molar-refractivity contribution in [2.24, 2.45) is 0 Å². The number of nitrogens with one attached hydrogen (secondary N) is 1. The summed E-state index contributed by atoms with van der Waals surface area (Å²) < 4.78 is 5.05. The summed E-state index contributed by atoms with van der Waals surface area (Å²) in [6, 6.07) is 2.60. The van der Waals surface area contributed by atoms with Crippen LogP contribution in [-0.2, 0) is 11.3 Å². The molecule has 0 bridgehead atoms. The van der Waals surface area contributed by atoms with E-state index < -0.39 is 6.03 Å². The van der Waals surface area contributed by atoms with E-state index in [0.29, 0.717) is 12.0 Å². The van der Waals surface area contributed by atoms with E-state index in [2.05, 4.69) is 5.32 Å². The van der Waals surface area contributed by atoms with Crippen LogP contribution in [0.15, 0.2) is 16.5 Å². The third kappa shape index (κ3) is 1.74. The lowest BCUT2D eigenvalue weighted by Crippen LogP contribution is -2.30. The van der Waals surface area contributed by atoms with E-state index >= 15 is 0 Å². The molecule has 0 atom stereocenters. The van der Waals surface area contributed by atoms with Crippen molar-refractivity contribution >= 4 is 18.2 Å². The van der Waals surface area contributed by atoms with E-state index in [9.17, 15) is 14.4 Å². The van der Waals surface area contributed by atoms with Crippen LogP contribution in [-0.4, -0.2) is 29.7 Å². The number of nitrogens with zero attached hydrogens (tertiary/aromatic N) is 1. The van der Waals surface area contributed by atoms with Crippen LogP contribution in [0.2, 0.25) is 0 Å². The minimum absolute atomic E-state index is 0.0140. The van der Waals surface area contributed by atoms with Crippen LogP contribution in [0.25, 0.3) is 0 Å². The van der Waals surface area contributed by atoms with Crippen LogP contribution in [0.5, 0.6) is 0 Å². The van der Waals surface area contributed by atoms with Gasteiger partial charge >= 0.3 is 6.03 Å². The molecule has 1 saturated heterocycles. The average Bonchev–Trinajstić information content (AvgIpc) is 2.80. The first kappa shape index (κ1) is 9.45. The van der Waals surface area contributed by atoms with Crippen LogP contribution in [0, 0.1) is 0 Å². The van der Waals surface area contributed by atoms with Crippen LogP contribution in [0.1, 0.15) is 16.3 Å². The Hall–Kier alpha value is -2.11. The Morgan fingerprint density at radius 3 is 2.80 bits per heavy atom. The lowest BCUT2D eigenvalue weighted by Gasteiger charge is -2.09. The Morgan fingerprint density at radius 2 is 2.27 bits per heavy atom. The molecule has 0 radical (unpaired) electrons. The fraction of sp³-hybridized carbons (Fsp3) is 0.222. The summed E-state index contributed by atoms with van der Waals surface area (Å²) in [6.07, 6.45) is 0.565. The van der Waals surface area contributed by atoms with Gasteiger partial charge in [0.1, 0.15) is 5.76 Å². The van der Waals surface area contributed by atoms with Crippen molar-refractivity contribution in [1.29, 1.82) is 0 Å². The molecule has 0 saturated carbocycles. The predicted molar refractivity (Wildman–Crippen MR) is 48.0 cm³/mol. The Morgan fingerprint density at radius 1 is 1.47 bits per heavy atom. The molecule has 78 valence electrons. The lowest BCUT2D eigenvalue weighted by molar-refractivity contribution is -0.125. The van der Waals surface area contributed by atoms with Gasteiger partial charge in [0, 0.05) is 0 Å². The minimum Gasteiger partial charge on any atom is -0.456 e. The fourth-order valence-electron chi connectivity index (χ4n) is 1.31. The van der Waals surface area contributed by atoms with E-state index in [1.54, 1.807) is 6.07 Å². The number of urea groups is 1. The molecule has 0 unspecified atom stereocenters. The number of hydrogen-bond donors (Lipinski definition) is 1. The van der Waals surface area contributed by atoms with Gasteiger partial charge in [-0.1, -0.05) is 0 Å². The number of rotatable bonds is 3. The van der Waals surface area contributed by atoms with Gasteiger partial charge in [0.25, 0.3) is 0 Å². The topological polar surface area (TPSA) is 79.6 Å². The van der Waals surface area contributed by atoms with Gasteiger partial charge in [-0.2, -0.15) is 0 Å². The fourth-order valence-corrected chi connectivity index (χ4v) is 1.31. The summed E-state index contributed by atoms with van der Waals surface area (Å²) >= 11 is 0. The molecule has 0 aromatic carbocycles. The zero-order chi connectivity index (χ0) is 10.8. The highest BCUT2D eigenvalue weighted by Crippen LogP contribution is 2.11. The number of hydrogen-bond acceptors (Lipinski definition) is 4. The second-order valence-corrected chi connectivity index (χ2v) is 3.06. The average molecular weight is 208 g/mol. The Labute approximate surface area is 84.8 Å². The molecule has 3 amide bonds. The van der Waals surface area contributed by atoms with Crippen LogP contribution in [0.3, 0.4) is 0 Å². The molecular weight excluding hydrogens is 200 g/mol. The summed E-state index contributed by atoms with van der Waals surface area (Å²) in [6.45, 7) is 0.0680. The van der Waals surface area contributed by atoms with E-state index in [-0.39, 0.29) is 24.8 Å². The molecule has 1 fully saturated rings. The second-order valence-electron chi connectivity index (χ2n) is 3.06. The molecule has 1 aliphatic heterocycles. The molecule has 2 heterocycles.